The summed E-state index contributed by atoms with van der Waals surface area (Å²) < 4.78 is 4.63. The second-order valence-electron chi connectivity index (χ2n) is 13.4. The first-order valence-corrected chi connectivity index (χ1v) is 17.7. The SMILES string of the molecule is c1ccc(-n2c3ccccc3c3c(-c4ccc5c6ccccc6n(-c6nc(-c7cccc8ccccc78)c7ccccc7n6)c5c4)cccc32)cc1. The summed E-state index contributed by atoms with van der Waals surface area (Å²) >= 11 is 0. The summed E-state index contributed by atoms with van der Waals surface area (Å²) in [4.78, 5) is 10.7. The maximum absolute atomic E-state index is 5.44. The van der Waals surface area contributed by atoms with Gasteiger partial charge in [-0.1, -0.05) is 140 Å². The first-order valence-electron chi connectivity index (χ1n) is 17.7. The number of nitrogens with zero attached hydrogens (tertiary/aromatic N) is 4. The quantitative estimate of drug-likeness (QED) is 0.188. The molecule has 3 aromatic heterocycles. The fourth-order valence-electron chi connectivity index (χ4n) is 8.27. The number of benzene rings is 8. The zero-order valence-corrected chi connectivity index (χ0v) is 28.1. The summed E-state index contributed by atoms with van der Waals surface area (Å²) in [7, 11) is 0. The molecule has 0 N–H and O–H groups in total. The lowest BCUT2D eigenvalue weighted by Crippen LogP contribution is -2.03. The minimum Gasteiger partial charge on any atom is -0.309 e. The van der Waals surface area contributed by atoms with Gasteiger partial charge in [0.05, 0.1) is 33.3 Å². The van der Waals surface area contributed by atoms with Crippen molar-refractivity contribution in [1.29, 1.82) is 0 Å². The fourth-order valence-corrected chi connectivity index (χ4v) is 8.27. The van der Waals surface area contributed by atoms with Gasteiger partial charge in [0.25, 0.3) is 0 Å². The van der Waals surface area contributed by atoms with Gasteiger partial charge in [-0.15, -0.1) is 0 Å². The van der Waals surface area contributed by atoms with E-state index in [1.165, 1.54) is 48.9 Å². The van der Waals surface area contributed by atoms with E-state index in [2.05, 4.69) is 191 Å². The first kappa shape index (κ1) is 28.8. The molecule has 4 heteroatoms. The minimum absolute atomic E-state index is 0.656. The zero-order chi connectivity index (χ0) is 34.2. The molecule has 0 bridgehead atoms. The van der Waals surface area contributed by atoms with Crippen LogP contribution in [0.25, 0.3) is 99.3 Å². The van der Waals surface area contributed by atoms with E-state index in [1.807, 2.05) is 0 Å². The Kier molecular flexibility index (Phi) is 6.22. The topological polar surface area (TPSA) is 35.6 Å². The van der Waals surface area contributed by atoms with Crippen molar-refractivity contribution >= 4 is 65.3 Å². The van der Waals surface area contributed by atoms with E-state index >= 15 is 0 Å². The molecule has 242 valence electrons. The van der Waals surface area contributed by atoms with Gasteiger partial charge in [0.15, 0.2) is 0 Å². The molecule has 0 radical (unpaired) electrons. The third-order valence-electron chi connectivity index (χ3n) is 10.5. The van der Waals surface area contributed by atoms with Gasteiger partial charge in [-0.25, -0.2) is 9.97 Å². The summed E-state index contributed by atoms with van der Waals surface area (Å²) in [5, 5.41) is 8.21. The molecule has 52 heavy (non-hydrogen) atoms. The van der Waals surface area contributed by atoms with Crippen molar-refractivity contribution in [3.8, 4) is 34.0 Å². The van der Waals surface area contributed by atoms with Crippen LogP contribution < -0.4 is 0 Å². The first-order chi connectivity index (χ1) is 25.8. The lowest BCUT2D eigenvalue weighted by Gasteiger charge is -2.13. The fraction of sp³-hybridized carbons (Fsp3) is 0. The van der Waals surface area contributed by atoms with Gasteiger partial charge in [0.2, 0.25) is 5.95 Å². The molecular weight excluding hydrogens is 633 g/mol. The third-order valence-corrected chi connectivity index (χ3v) is 10.5. The number of hydrogen-bond acceptors (Lipinski definition) is 2. The molecule has 0 aliphatic rings. The predicted octanol–water partition coefficient (Wildman–Crippen LogP) is 12.3. The smallest absolute Gasteiger partial charge is 0.235 e. The van der Waals surface area contributed by atoms with Crippen molar-refractivity contribution < 1.29 is 0 Å². The van der Waals surface area contributed by atoms with Crippen molar-refractivity contribution in [2.24, 2.45) is 0 Å². The standard InChI is InChI=1S/C48H30N4/c1-2-16-33(17-3-1)51-43-26-11-8-21-40(43)46-35(22-13-27-44(46)51)32-28-29-37-36-19-7-10-25-42(36)52(45(37)30-32)48-49-41-24-9-6-20-39(41)47(50-48)38-23-12-15-31-14-4-5-18-34(31)38/h1-30H. The second-order valence-corrected chi connectivity index (χ2v) is 13.4. The van der Waals surface area contributed by atoms with E-state index in [4.69, 9.17) is 9.97 Å². The van der Waals surface area contributed by atoms with E-state index in [0.29, 0.717) is 5.95 Å². The summed E-state index contributed by atoms with van der Waals surface area (Å²) in [6.07, 6.45) is 0. The van der Waals surface area contributed by atoms with Gasteiger partial charge in [-0.3, -0.25) is 4.57 Å². The van der Waals surface area contributed by atoms with Gasteiger partial charge in [-0.2, -0.15) is 0 Å². The number of hydrogen-bond donors (Lipinski definition) is 0. The highest BCUT2D eigenvalue weighted by molar-refractivity contribution is 6.17. The van der Waals surface area contributed by atoms with Crippen LogP contribution in [0.15, 0.2) is 182 Å². The number of fused-ring (bicyclic) bond motifs is 8. The highest BCUT2D eigenvalue weighted by atomic mass is 15.2. The molecule has 11 aromatic rings. The van der Waals surface area contributed by atoms with Crippen molar-refractivity contribution in [1.82, 2.24) is 19.1 Å². The van der Waals surface area contributed by atoms with Crippen LogP contribution in [-0.2, 0) is 0 Å². The van der Waals surface area contributed by atoms with Crippen LogP contribution in [0.1, 0.15) is 0 Å². The van der Waals surface area contributed by atoms with Crippen molar-refractivity contribution in [2.45, 2.75) is 0 Å². The van der Waals surface area contributed by atoms with E-state index in [9.17, 15) is 0 Å². The normalized spacial score (nSPS) is 11.8. The van der Waals surface area contributed by atoms with Crippen molar-refractivity contribution in [3.05, 3.63) is 182 Å². The molecule has 0 atom stereocenters. The highest BCUT2D eigenvalue weighted by Gasteiger charge is 2.20. The summed E-state index contributed by atoms with van der Waals surface area (Å²) in [5.74, 6) is 0.656. The number of para-hydroxylation sites is 4. The maximum atomic E-state index is 5.44. The average Bonchev–Trinajstić information content (AvgIpc) is 3.73. The molecule has 0 fully saturated rings. The van der Waals surface area contributed by atoms with Crippen LogP contribution in [0.3, 0.4) is 0 Å². The molecular formula is C48H30N4. The average molecular weight is 663 g/mol. The Balaban J connectivity index is 1.20. The van der Waals surface area contributed by atoms with Crippen LogP contribution in [0.5, 0.6) is 0 Å². The van der Waals surface area contributed by atoms with Crippen molar-refractivity contribution in [2.75, 3.05) is 0 Å². The monoisotopic (exact) mass is 662 g/mol. The lowest BCUT2D eigenvalue weighted by atomic mass is 9.98. The summed E-state index contributed by atoms with van der Waals surface area (Å²) in [5.41, 5.74) is 11.0. The van der Waals surface area contributed by atoms with Gasteiger partial charge in [0.1, 0.15) is 0 Å². The molecule has 4 nitrogen and oxygen atoms in total. The van der Waals surface area contributed by atoms with Crippen molar-refractivity contribution in [3.63, 3.8) is 0 Å². The van der Waals surface area contributed by atoms with E-state index < -0.39 is 0 Å². The maximum Gasteiger partial charge on any atom is 0.235 e. The van der Waals surface area contributed by atoms with E-state index in [0.717, 1.165) is 44.4 Å². The van der Waals surface area contributed by atoms with Crippen LogP contribution in [-0.4, -0.2) is 19.1 Å². The van der Waals surface area contributed by atoms with Crippen LogP contribution in [0.4, 0.5) is 0 Å². The largest absolute Gasteiger partial charge is 0.309 e. The highest BCUT2D eigenvalue weighted by Crippen LogP contribution is 2.41. The molecule has 0 unspecified atom stereocenters. The van der Waals surface area contributed by atoms with Crippen LogP contribution in [0.2, 0.25) is 0 Å². The summed E-state index contributed by atoms with van der Waals surface area (Å²) in [6.45, 7) is 0. The predicted molar refractivity (Wildman–Crippen MR) is 217 cm³/mol. The van der Waals surface area contributed by atoms with Gasteiger partial charge in [-0.05, 0) is 64.4 Å². The zero-order valence-electron chi connectivity index (χ0n) is 28.1. The van der Waals surface area contributed by atoms with Gasteiger partial charge >= 0.3 is 0 Å². The molecule has 0 aliphatic carbocycles. The van der Waals surface area contributed by atoms with E-state index in [-0.39, 0.29) is 0 Å². The summed E-state index contributed by atoms with van der Waals surface area (Å²) in [6, 6.07) is 64.9. The van der Waals surface area contributed by atoms with E-state index in [1.54, 1.807) is 0 Å². The van der Waals surface area contributed by atoms with Crippen LogP contribution in [0, 0.1) is 0 Å². The molecule has 8 aromatic carbocycles. The second kappa shape index (κ2) is 11.2. The lowest BCUT2D eigenvalue weighted by molar-refractivity contribution is 1.01. The molecule has 0 saturated heterocycles. The Bertz CT molecular complexity index is 3180. The molecule has 0 spiro atoms. The Morgan fingerprint density at radius 3 is 1.85 bits per heavy atom. The molecule has 0 aliphatic heterocycles. The Morgan fingerprint density at radius 1 is 0.365 bits per heavy atom. The minimum atomic E-state index is 0.656. The molecule has 11 rings (SSSR count). The number of aromatic nitrogens is 4. The van der Waals surface area contributed by atoms with Gasteiger partial charge in [0, 0.05) is 38.2 Å². The Labute approximate surface area is 299 Å². The molecule has 0 amide bonds. The Morgan fingerprint density at radius 2 is 0.981 bits per heavy atom. The van der Waals surface area contributed by atoms with Gasteiger partial charge < -0.3 is 4.57 Å². The number of rotatable bonds is 4. The molecule has 0 saturated carbocycles. The molecule has 3 heterocycles. The van der Waals surface area contributed by atoms with Crippen LogP contribution >= 0.6 is 0 Å². The third kappa shape index (κ3) is 4.21. The Hall–Kier alpha value is -7.04.